The lowest BCUT2D eigenvalue weighted by Crippen LogP contribution is -2.48. The zero-order valence-electron chi connectivity index (χ0n) is 11.3. The highest BCUT2D eigenvalue weighted by Crippen LogP contribution is 2.19. The number of carbonyl (C=O) groups is 1. The molecule has 1 amide bonds. The Kier molecular flexibility index (Phi) is 4.86. The molecule has 1 saturated heterocycles. The number of alkyl halides is 3. The second-order valence-electron chi connectivity index (χ2n) is 4.90. The molecule has 0 unspecified atom stereocenters. The van der Waals surface area contributed by atoms with Crippen LogP contribution in [0.2, 0.25) is 0 Å². The van der Waals surface area contributed by atoms with Crippen LogP contribution in [0.5, 0.6) is 0 Å². The van der Waals surface area contributed by atoms with Crippen LogP contribution in [-0.2, 0) is 6.54 Å². The van der Waals surface area contributed by atoms with E-state index in [1.165, 1.54) is 17.2 Å². The van der Waals surface area contributed by atoms with E-state index in [9.17, 15) is 18.0 Å². The molecule has 0 aliphatic carbocycles. The summed E-state index contributed by atoms with van der Waals surface area (Å²) in [5.74, 6) is 5.09. The summed E-state index contributed by atoms with van der Waals surface area (Å²) in [4.78, 5) is 14.8. The van der Waals surface area contributed by atoms with Gasteiger partial charge in [0.25, 0.3) is 5.91 Å². The first kappa shape index (κ1) is 15.8. The highest BCUT2D eigenvalue weighted by molar-refractivity contribution is 5.94. The minimum absolute atomic E-state index is 0.332. The van der Waals surface area contributed by atoms with Crippen molar-refractivity contribution in [1.82, 2.24) is 15.2 Å². The fourth-order valence-electron chi connectivity index (χ4n) is 2.31. The quantitative estimate of drug-likeness (QED) is 0.483. The van der Waals surface area contributed by atoms with Gasteiger partial charge < -0.3 is 4.42 Å². The van der Waals surface area contributed by atoms with Crippen molar-refractivity contribution in [2.24, 2.45) is 5.84 Å². The molecule has 1 fully saturated rings. The molecule has 1 aromatic rings. The molecule has 2 rings (SSSR count). The first-order valence-corrected chi connectivity index (χ1v) is 6.48. The molecule has 21 heavy (non-hydrogen) atoms. The largest absolute Gasteiger partial charge is 0.467 e. The van der Waals surface area contributed by atoms with Crippen LogP contribution in [0.1, 0.15) is 16.1 Å². The van der Waals surface area contributed by atoms with Crippen molar-refractivity contribution in [2.45, 2.75) is 12.7 Å². The van der Waals surface area contributed by atoms with Crippen LogP contribution >= 0.6 is 0 Å². The number of carbonyl (C=O) groups excluding carboxylic acids is 1. The normalized spacial score (nSPS) is 17.9. The molecule has 2 heterocycles. The van der Waals surface area contributed by atoms with Crippen molar-refractivity contribution in [3.63, 3.8) is 0 Å². The Labute approximate surface area is 119 Å². The highest BCUT2D eigenvalue weighted by atomic mass is 19.4. The van der Waals surface area contributed by atoms with Gasteiger partial charge in [-0.2, -0.15) is 13.2 Å². The average Bonchev–Trinajstić information content (AvgIpc) is 2.86. The standard InChI is InChI=1S/C12H17F3N4O2/c13-12(14,15)8-19-4-2-18(3-5-19)7-10-9(1-6-21-10)11(20)17-16/h1,6H,2-5,7-8,16H2,(H,17,20). The maximum absolute atomic E-state index is 12.3. The Morgan fingerprint density at radius 1 is 1.29 bits per heavy atom. The number of nitrogens with two attached hydrogens (primary N) is 1. The number of amides is 1. The molecule has 0 atom stereocenters. The first-order valence-electron chi connectivity index (χ1n) is 6.48. The number of hydrogen-bond acceptors (Lipinski definition) is 5. The van der Waals surface area contributed by atoms with E-state index in [0.717, 1.165) is 0 Å². The topological polar surface area (TPSA) is 74.7 Å². The zero-order valence-corrected chi connectivity index (χ0v) is 11.3. The Morgan fingerprint density at radius 3 is 2.48 bits per heavy atom. The molecule has 3 N–H and O–H groups in total. The lowest BCUT2D eigenvalue weighted by atomic mass is 10.2. The third-order valence-electron chi connectivity index (χ3n) is 3.36. The van der Waals surface area contributed by atoms with Gasteiger partial charge in [0, 0.05) is 26.2 Å². The van der Waals surface area contributed by atoms with E-state index in [0.29, 0.717) is 44.0 Å². The molecule has 0 aromatic carbocycles. The molecule has 0 spiro atoms. The molecule has 0 radical (unpaired) electrons. The Hall–Kier alpha value is -1.58. The minimum Gasteiger partial charge on any atom is -0.467 e. The molecule has 1 aliphatic rings. The van der Waals surface area contributed by atoms with E-state index in [4.69, 9.17) is 10.3 Å². The SMILES string of the molecule is NNC(=O)c1ccoc1CN1CCN(CC(F)(F)F)CC1. The molecule has 9 heteroatoms. The Balaban J connectivity index is 1.87. The number of nitrogen functional groups attached to an aromatic ring is 1. The molecular formula is C12H17F3N4O2. The van der Waals surface area contributed by atoms with Crippen molar-refractivity contribution in [2.75, 3.05) is 32.7 Å². The summed E-state index contributed by atoms with van der Waals surface area (Å²) in [6.45, 7) is 1.12. The zero-order chi connectivity index (χ0) is 15.5. The maximum Gasteiger partial charge on any atom is 0.401 e. The summed E-state index contributed by atoms with van der Waals surface area (Å²) in [5, 5.41) is 0. The maximum atomic E-state index is 12.3. The molecule has 6 nitrogen and oxygen atoms in total. The Morgan fingerprint density at radius 2 is 1.90 bits per heavy atom. The fraction of sp³-hybridized carbons (Fsp3) is 0.583. The predicted octanol–water partition coefficient (Wildman–Crippen LogP) is 0.563. The first-order chi connectivity index (χ1) is 9.89. The van der Waals surface area contributed by atoms with Crippen molar-refractivity contribution in [1.29, 1.82) is 0 Å². The van der Waals surface area contributed by atoms with Crippen molar-refractivity contribution in [3.05, 3.63) is 23.7 Å². The third kappa shape index (κ3) is 4.45. The van der Waals surface area contributed by atoms with Crippen LogP contribution in [0, 0.1) is 0 Å². The van der Waals surface area contributed by atoms with Crippen LogP contribution in [0.15, 0.2) is 16.7 Å². The lowest BCUT2D eigenvalue weighted by molar-refractivity contribution is -0.149. The third-order valence-corrected chi connectivity index (χ3v) is 3.36. The van der Waals surface area contributed by atoms with Gasteiger partial charge in [0.1, 0.15) is 5.76 Å². The van der Waals surface area contributed by atoms with Crippen molar-refractivity contribution < 1.29 is 22.4 Å². The number of furan rings is 1. The number of halogens is 3. The van der Waals surface area contributed by atoms with Gasteiger partial charge in [-0.05, 0) is 6.07 Å². The number of rotatable bonds is 4. The van der Waals surface area contributed by atoms with E-state index in [-0.39, 0.29) is 0 Å². The summed E-state index contributed by atoms with van der Waals surface area (Å²) in [6.07, 6.45) is -2.78. The smallest absolute Gasteiger partial charge is 0.401 e. The summed E-state index contributed by atoms with van der Waals surface area (Å²) < 4.78 is 42.1. The lowest BCUT2D eigenvalue weighted by Gasteiger charge is -2.34. The van der Waals surface area contributed by atoms with Gasteiger partial charge in [-0.25, -0.2) is 5.84 Å². The second-order valence-corrected chi connectivity index (χ2v) is 4.90. The van der Waals surface area contributed by atoms with Crippen LogP contribution in [-0.4, -0.2) is 54.6 Å². The van der Waals surface area contributed by atoms with E-state index in [1.807, 2.05) is 10.3 Å². The van der Waals surface area contributed by atoms with Crippen LogP contribution in [0.4, 0.5) is 13.2 Å². The Bertz CT molecular complexity index is 481. The predicted molar refractivity (Wildman–Crippen MR) is 68.1 cm³/mol. The summed E-state index contributed by atoms with van der Waals surface area (Å²) in [6, 6.07) is 1.51. The minimum atomic E-state index is -4.17. The molecule has 1 aliphatic heterocycles. The van der Waals surface area contributed by atoms with E-state index in [1.54, 1.807) is 0 Å². The van der Waals surface area contributed by atoms with Crippen LogP contribution < -0.4 is 11.3 Å². The van der Waals surface area contributed by atoms with E-state index in [2.05, 4.69) is 0 Å². The van der Waals surface area contributed by atoms with Crippen LogP contribution in [0.3, 0.4) is 0 Å². The van der Waals surface area contributed by atoms with Gasteiger partial charge in [0.15, 0.2) is 0 Å². The van der Waals surface area contributed by atoms with Gasteiger partial charge in [-0.15, -0.1) is 0 Å². The molecule has 0 saturated carbocycles. The number of hydrazine groups is 1. The molecule has 118 valence electrons. The summed E-state index contributed by atoms with van der Waals surface area (Å²) in [5.41, 5.74) is 2.37. The van der Waals surface area contributed by atoms with E-state index >= 15 is 0 Å². The van der Waals surface area contributed by atoms with Gasteiger partial charge in [-0.3, -0.25) is 20.0 Å². The number of hydrogen-bond donors (Lipinski definition) is 2. The van der Waals surface area contributed by atoms with Gasteiger partial charge in [-0.1, -0.05) is 0 Å². The summed E-state index contributed by atoms with van der Waals surface area (Å²) in [7, 11) is 0. The molecular weight excluding hydrogens is 289 g/mol. The van der Waals surface area contributed by atoms with Gasteiger partial charge in [0.2, 0.25) is 0 Å². The van der Waals surface area contributed by atoms with Crippen molar-refractivity contribution in [3.8, 4) is 0 Å². The summed E-state index contributed by atoms with van der Waals surface area (Å²) >= 11 is 0. The van der Waals surface area contributed by atoms with Crippen LogP contribution in [0.25, 0.3) is 0 Å². The second kappa shape index (κ2) is 6.46. The molecule has 1 aromatic heterocycles. The average molecular weight is 306 g/mol. The number of piperazine rings is 1. The number of nitrogens with zero attached hydrogens (tertiary/aromatic N) is 2. The van der Waals surface area contributed by atoms with Gasteiger partial charge in [0.05, 0.1) is 24.9 Å². The fourth-order valence-corrected chi connectivity index (χ4v) is 2.31. The number of nitrogens with one attached hydrogen (secondary N) is 1. The highest BCUT2D eigenvalue weighted by Gasteiger charge is 2.32. The van der Waals surface area contributed by atoms with E-state index < -0.39 is 18.6 Å². The van der Waals surface area contributed by atoms with Crippen molar-refractivity contribution >= 4 is 5.91 Å². The van der Waals surface area contributed by atoms with Gasteiger partial charge >= 0.3 is 6.18 Å². The monoisotopic (exact) mass is 306 g/mol. The molecule has 0 bridgehead atoms.